The van der Waals surface area contributed by atoms with Gasteiger partial charge in [0.2, 0.25) is 0 Å². The molecule has 1 nitrogen and oxygen atoms in total. The van der Waals surface area contributed by atoms with Crippen molar-refractivity contribution in [1.82, 2.24) is 0 Å². The zero-order chi connectivity index (χ0) is 14.0. The topological polar surface area (TPSA) is 20.2 Å². The Morgan fingerprint density at radius 3 is 2.42 bits per heavy atom. The number of alkyl halides is 3. The summed E-state index contributed by atoms with van der Waals surface area (Å²) in [5.41, 5.74) is 0. The summed E-state index contributed by atoms with van der Waals surface area (Å²) in [6, 6.07) is 1.92. The highest BCUT2D eigenvalue weighted by Gasteiger charge is 2.42. The van der Waals surface area contributed by atoms with Crippen LogP contribution in [0.4, 0.5) is 13.2 Å². The summed E-state index contributed by atoms with van der Waals surface area (Å²) in [7, 11) is 0. The van der Waals surface area contributed by atoms with Gasteiger partial charge < -0.3 is 5.11 Å². The molecule has 0 amide bonds. The number of hydrogen-bond donors (Lipinski definition) is 1. The summed E-state index contributed by atoms with van der Waals surface area (Å²) in [5, 5.41) is 12.1. The molecule has 1 aliphatic carbocycles. The lowest BCUT2D eigenvalue weighted by Crippen LogP contribution is -2.32. The predicted molar refractivity (Wildman–Crippen MR) is 73.2 cm³/mol. The molecule has 0 spiro atoms. The van der Waals surface area contributed by atoms with E-state index in [1.807, 2.05) is 11.4 Å². The van der Waals surface area contributed by atoms with Crippen LogP contribution in [-0.4, -0.2) is 17.4 Å². The van der Waals surface area contributed by atoms with Gasteiger partial charge in [0.05, 0.1) is 12.0 Å². The molecule has 1 N–H and O–H groups in total. The van der Waals surface area contributed by atoms with Gasteiger partial charge in [-0.1, -0.05) is 0 Å². The van der Waals surface area contributed by atoms with E-state index in [1.54, 1.807) is 11.3 Å². The minimum Gasteiger partial charge on any atom is -0.392 e. The molecule has 0 aromatic carbocycles. The van der Waals surface area contributed by atoms with E-state index in [-0.39, 0.29) is 18.8 Å². The molecule has 0 radical (unpaired) electrons. The Bertz CT molecular complexity index is 410. The van der Waals surface area contributed by atoms with Gasteiger partial charge in [0.1, 0.15) is 0 Å². The largest absolute Gasteiger partial charge is 0.392 e. The number of aliphatic hydroxyl groups is 1. The Morgan fingerprint density at radius 2 is 1.95 bits per heavy atom. The van der Waals surface area contributed by atoms with Gasteiger partial charge in [0.25, 0.3) is 0 Å². The monoisotopic (exact) mass is 356 g/mol. The zero-order valence-electron chi connectivity index (χ0n) is 10.3. The zero-order valence-corrected chi connectivity index (χ0v) is 12.7. The van der Waals surface area contributed by atoms with Crippen LogP contribution in [0, 0.1) is 11.8 Å². The highest BCUT2D eigenvalue weighted by molar-refractivity contribution is 9.10. The lowest BCUT2D eigenvalue weighted by Gasteiger charge is -2.32. The van der Waals surface area contributed by atoms with Crippen LogP contribution >= 0.6 is 27.3 Å². The van der Waals surface area contributed by atoms with Crippen molar-refractivity contribution >= 4 is 27.3 Å². The Morgan fingerprint density at radius 1 is 1.32 bits per heavy atom. The molecule has 1 aromatic heterocycles. The number of halogens is 4. The molecule has 2 rings (SSSR count). The van der Waals surface area contributed by atoms with Crippen molar-refractivity contribution in [2.24, 2.45) is 11.8 Å². The maximum atomic E-state index is 12.6. The van der Waals surface area contributed by atoms with Crippen molar-refractivity contribution in [3.05, 3.63) is 20.8 Å². The lowest BCUT2D eigenvalue weighted by atomic mass is 9.78. The van der Waals surface area contributed by atoms with E-state index in [1.165, 1.54) is 0 Å². The van der Waals surface area contributed by atoms with Crippen molar-refractivity contribution in [2.75, 3.05) is 0 Å². The second-order valence-electron chi connectivity index (χ2n) is 5.12. The molecule has 1 atom stereocenters. The standard InChI is InChI=1S/C13H16BrF3OS/c14-10-5-6-19-12(10)7-11(18)8-1-3-9(4-2-8)13(15,16)17/h5-6,8-9,11,18H,1-4,7H2. The quantitative estimate of drug-likeness (QED) is 0.825. The van der Waals surface area contributed by atoms with Crippen molar-refractivity contribution in [1.29, 1.82) is 0 Å². The molecule has 1 aromatic rings. The van der Waals surface area contributed by atoms with E-state index < -0.39 is 18.2 Å². The Balaban J connectivity index is 1.86. The normalized spacial score (nSPS) is 26.4. The maximum absolute atomic E-state index is 12.6. The Kier molecular flexibility index (Phi) is 4.95. The molecule has 0 saturated heterocycles. The summed E-state index contributed by atoms with van der Waals surface area (Å²) in [6.45, 7) is 0. The van der Waals surface area contributed by atoms with Crippen LogP contribution in [0.3, 0.4) is 0 Å². The summed E-state index contributed by atoms with van der Waals surface area (Å²) < 4.78 is 38.7. The van der Waals surface area contributed by atoms with Crippen LogP contribution < -0.4 is 0 Å². The van der Waals surface area contributed by atoms with Gasteiger partial charge in [-0.15, -0.1) is 11.3 Å². The molecule has 6 heteroatoms. The molecular weight excluding hydrogens is 341 g/mol. The highest BCUT2D eigenvalue weighted by Crippen LogP contribution is 2.41. The van der Waals surface area contributed by atoms with Crippen LogP contribution in [0.25, 0.3) is 0 Å². The molecule has 1 saturated carbocycles. The van der Waals surface area contributed by atoms with Gasteiger partial charge in [0.15, 0.2) is 0 Å². The van der Waals surface area contributed by atoms with Crippen LogP contribution in [0.1, 0.15) is 30.6 Å². The third kappa shape index (κ3) is 3.95. The molecule has 1 heterocycles. The van der Waals surface area contributed by atoms with Crippen molar-refractivity contribution in [3.8, 4) is 0 Å². The highest BCUT2D eigenvalue weighted by atomic mass is 79.9. The van der Waals surface area contributed by atoms with Crippen molar-refractivity contribution in [2.45, 2.75) is 44.4 Å². The molecule has 1 fully saturated rings. The summed E-state index contributed by atoms with van der Waals surface area (Å²) >= 11 is 4.96. The number of rotatable bonds is 3. The Hall–Kier alpha value is -0.0700. The first-order valence-corrected chi connectivity index (χ1v) is 8.02. The van der Waals surface area contributed by atoms with E-state index in [0.29, 0.717) is 19.3 Å². The minimum atomic E-state index is -4.08. The molecule has 1 aliphatic rings. The lowest BCUT2D eigenvalue weighted by molar-refractivity contribution is -0.185. The van der Waals surface area contributed by atoms with Crippen LogP contribution in [0.15, 0.2) is 15.9 Å². The number of hydrogen-bond acceptors (Lipinski definition) is 2. The van der Waals surface area contributed by atoms with Gasteiger partial charge in [-0.3, -0.25) is 0 Å². The van der Waals surface area contributed by atoms with Gasteiger partial charge in [-0.2, -0.15) is 13.2 Å². The molecular formula is C13H16BrF3OS. The SMILES string of the molecule is OC(Cc1sccc1Br)C1CCC(C(F)(F)F)CC1. The van der Waals surface area contributed by atoms with Crippen molar-refractivity contribution < 1.29 is 18.3 Å². The average Bonchev–Trinajstić information content (AvgIpc) is 2.74. The van der Waals surface area contributed by atoms with Gasteiger partial charge in [-0.05, 0) is 59.0 Å². The fraction of sp³-hybridized carbons (Fsp3) is 0.692. The number of aliphatic hydroxyl groups excluding tert-OH is 1. The predicted octanol–water partition coefficient (Wildman–Crippen LogP) is 4.78. The fourth-order valence-corrected chi connectivity index (χ4v) is 4.22. The van der Waals surface area contributed by atoms with E-state index in [4.69, 9.17) is 0 Å². The molecule has 19 heavy (non-hydrogen) atoms. The van der Waals surface area contributed by atoms with Gasteiger partial charge in [0, 0.05) is 15.8 Å². The van der Waals surface area contributed by atoms with Crippen LogP contribution in [0.2, 0.25) is 0 Å². The first-order valence-electron chi connectivity index (χ1n) is 6.34. The third-order valence-corrected chi connectivity index (χ3v) is 5.81. The third-order valence-electron chi connectivity index (χ3n) is 3.86. The summed E-state index contributed by atoms with van der Waals surface area (Å²) in [4.78, 5) is 1.06. The smallest absolute Gasteiger partial charge is 0.391 e. The van der Waals surface area contributed by atoms with Crippen LogP contribution in [-0.2, 0) is 6.42 Å². The minimum absolute atomic E-state index is 0.00685. The Labute approximate surface area is 123 Å². The fourth-order valence-electron chi connectivity index (χ4n) is 2.66. The molecule has 0 aliphatic heterocycles. The van der Waals surface area contributed by atoms with E-state index in [0.717, 1.165) is 9.35 Å². The second-order valence-corrected chi connectivity index (χ2v) is 6.97. The maximum Gasteiger partial charge on any atom is 0.391 e. The van der Waals surface area contributed by atoms with Crippen molar-refractivity contribution in [3.63, 3.8) is 0 Å². The van der Waals surface area contributed by atoms with Gasteiger partial charge in [-0.25, -0.2) is 0 Å². The van der Waals surface area contributed by atoms with Crippen LogP contribution in [0.5, 0.6) is 0 Å². The van der Waals surface area contributed by atoms with Gasteiger partial charge >= 0.3 is 6.18 Å². The second kappa shape index (κ2) is 6.14. The molecule has 1 unspecified atom stereocenters. The average molecular weight is 357 g/mol. The van der Waals surface area contributed by atoms with E-state index in [2.05, 4.69) is 15.9 Å². The first kappa shape index (κ1) is 15.3. The molecule has 108 valence electrons. The first-order chi connectivity index (χ1) is 8.88. The number of thiophene rings is 1. The summed E-state index contributed by atoms with van der Waals surface area (Å²) in [6.07, 6.45) is -2.85. The summed E-state index contributed by atoms with van der Waals surface area (Å²) in [5.74, 6) is -1.18. The van der Waals surface area contributed by atoms with E-state index >= 15 is 0 Å². The molecule has 0 bridgehead atoms. The van der Waals surface area contributed by atoms with E-state index in [9.17, 15) is 18.3 Å².